The van der Waals surface area contributed by atoms with Crippen molar-refractivity contribution < 1.29 is 14.2 Å². The molecule has 4 heterocycles. The molecule has 0 radical (unpaired) electrons. The zero-order valence-electron chi connectivity index (χ0n) is 18.3. The predicted molar refractivity (Wildman–Crippen MR) is 123 cm³/mol. The zero-order valence-corrected chi connectivity index (χ0v) is 18.3. The Hall–Kier alpha value is -3.32. The maximum Gasteiger partial charge on any atom is 0.165 e. The predicted octanol–water partition coefficient (Wildman–Crippen LogP) is 4.38. The van der Waals surface area contributed by atoms with Crippen LogP contribution in [0.3, 0.4) is 0 Å². The lowest BCUT2D eigenvalue weighted by Gasteiger charge is -2.32. The molecule has 32 heavy (non-hydrogen) atoms. The topological polar surface area (TPSA) is 68.7 Å². The summed E-state index contributed by atoms with van der Waals surface area (Å²) in [4.78, 5) is 11.7. The monoisotopic (exact) mass is 432 g/mol. The lowest BCUT2D eigenvalue weighted by atomic mass is 9.92. The number of nitrogens with one attached hydrogen (secondary N) is 1. The van der Waals surface area contributed by atoms with Crippen LogP contribution in [0.5, 0.6) is 17.2 Å². The van der Waals surface area contributed by atoms with Crippen molar-refractivity contribution in [3.05, 3.63) is 66.0 Å². The third kappa shape index (κ3) is 4.62. The molecule has 0 atom stereocenters. The van der Waals surface area contributed by atoms with E-state index in [0.717, 1.165) is 72.6 Å². The molecule has 1 fully saturated rings. The second kappa shape index (κ2) is 9.44. The van der Waals surface area contributed by atoms with Crippen LogP contribution in [0.4, 0.5) is 11.6 Å². The normalized spacial score (nSPS) is 16.5. The van der Waals surface area contributed by atoms with E-state index in [-0.39, 0.29) is 0 Å². The van der Waals surface area contributed by atoms with Crippen molar-refractivity contribution in [3.8, 4) is 17.2 Å². The Bertz CT molecular complexity index is 1050. The summed E-state index contributed by atoms with van der Waals surface area (Å²) < 4.78 is 17.1. The number of aromatic nitrogens is 2. The summed E-state index contributed by atoms with van der Waals surface area (Å²) in [6.07, 6.45) is 3.93. The number of rotatable bonds is 6. The molecular formula is C25H28N4O3. The SMILES string of the molecule is COc1cc2c(cc1CN1CCC(c3cccc(Nc4ccccn4)n3)CC1)OCCO2. The molecule has 5 rings (SSSR count). The lowest BCUT2D eigenvalue weighted by Crippen LogP contribution is -2.33. The number of likely N-dealkylation sites (tertiary alicyclic amines) is 1. The second-order valence-corrected chi connectivity index (χ2v) is 8.15. The van der Waals surface area contributed by atoms with Crippen LogP contribution >= 0.6 is 0 Å². The second-order valence-electron chi connectivity index (χ2n) is 8.15. The molecular weight excluding hydrogens is 404 g/mol. The van der Waals surface area contributed by atoms with Crippen LogP contribution in [-0.4, -0.2) is 48.3 Å². The Morgan fingerprint density at radius 2 is 1.78 bits per heavy atom. The summed E-state index contributed by atoms with van der Waals surface area (Å²) in [6, 6.07) is 16.0. The third-order valence-electron chi connectivity index (χ3n) is 6.04. The highest BCUT2D eigenvalue weighted by atomic mass is 16.6. The fourth-order valence-corrected chi connectivity index (χ4v) is 4.37. The van der Waals surface area contributed by atoms with Gasteiger partial charge in [-0.05, 0) is 56.3 Å². The van der Waals surface area contributed by atoms with E-state index in [2.05, 4.69) is 33.4 Å². The van der Waals surface area contributed by atoms with Gasteiger partial charge >= 0.3 is 0 Å². The van der Waals surface area contributed by atoms with Crippen molar-refractivity contribution in [2.24, 2.45) is 0 Å². The van der Waals surface area contributed by atoms with Crippen LogP contribution in [0, 0.1) is 0 Å². The van der Waals surface area contributed by atoms with E-state index >= 15 is 0 Å². The molecule has 2 aromatic heterocycles. The van der Waals surface area contributed by atoms with Gasteiger partial charge < -0.3 is 19.5 Å². The van der Waals surface area contributed by atoms with Crippen molar-refractivity contribution in [1.29, 1.82) is 0 Å². The van der Waals surface area contributed by atoms with E-state index in [4.69, 9.17) is 19.2 Å². The molecule has 7 nitrogen and oxygen atoms in total. The van der Waals surface area contributed by atoms with E-state index in [0.29, 0.717) is 19.1 Å². The first-order valence-electron chi connectivity index (χ1n) is 11.1. The molecule has 0 aliphatic carbocycles. The number of hydrogen-bond acceptors (Lipinski definition) is 7. The van der Waals surface area contributed by atoms with Crippen LogP contribution in [0.2, 0.25) is 0 Å². The molecule has 2 aliphatic heterocycles. The Balaban J connectivity index is 1.22. The number of fused-ring (bicyclic) bond motifs is 1. The fraction of sp³-hybridized carbons (Fsp3) is 0.360. The molecule has 2 aliphatic rings. The first-order chi connectivity index (χ1) is 15.8. The summed E-state index contributed by atoms with van der Waals surface area (Å²) in [7, 11) is 1.71. The van der Waals surface area contributed by atoms with E-state index in [1.165, 1.54) is 0 Å². The summed E-state index contributed by atoms with van der Waals surface area (Å²) in [5.41, 5.74) is 2.28. The number of anilines is 2. The summed E-state index contributed by atoms with van der Waals surface area (Å²) in [6.45, 7) is 4.03. The van der Waals surface area contributed by atoms with Crippen molar-refractivity contribution in [3.63, 3.8) is 0 Å². The number of benzene rings is 1. The molecule has 0 amide bonds. The molecule has 3 aromatic rings. The maximum atomic E-state index is 5.76. The van der Waals surface area contributed by atoms with Gasteiger partial charge in [0.2, 0.25) is 0 Å². The van der Waals surface area contributed by atoms with Gasteiger partial charge in [-0.2, -0.15) is 0 Å². The number of pyridine rings is 2. The van der Waals surface area contributed by atoms with Gasteiger partial charge in [0.15, 0.2) is 11.5 Å². The Labute approximate surface area is 188 Å². The van der Waals surface area contributed by atoms with Gasteiger partial charge in [0.1, 0.15) is 30.6 Å². The quantitative estimate of drug-likeness (QED) is 0.620. The number of methoxy groups -OCH3 is 1. The number of hydrogen-bond donors (Lipinski definition) is 1. The number of nitrogens with zero attached hydrogens (tertiary/aromatic N) is 3. The minimum Gasteiger partial charge on any atom is -0.496 e. The number of ether oxygens (including phenoxy) is 3. The Morgan fingerprint density at radius 3 is 2.53 bits per heavy atom. The fourth-order valence-electron chi connectivity index (χ4n) is 4.37. The highest BCUT2D eigenvalue weighted by Crippen LogP contribution is 2.38. The molecule has 0 saturated carbocycles. The van der Waals surface area contributed by atoms with Crippen LogP contribution in [0.25, 0.3) is 0 Å². The van der Waals surface area contributed by atoms with Gasteiger partial charge in [0.25, 0.3) is 0 Å². The lowest BCUT2D eigenvalue weighted by molar-refractivity contribution is 0.169. The van der Waals surface area contributed by atoms with Crippen molar-refractivity contribution in [2.75, 3.05) is 38.7 Å². The minimum absolute atomic E-state index is 0.457. The average molecular weight is 433 g/mol. The van der Waals surface area contributed by atoms with Crippen LogP contribution < -0.4 is 19.5 Å². The van der Waals surface area contributed by atoms with Gasteiger partial charge in [-0.1, -0.05) is 12.1 Å². The van der Waals surface area contributed by atoms with Gasteiger partial charge in [-0.15, -0.1) is 0 Å². The van der Waals surface area contributed by atoms with Gasteiger partial charge in [0.05, 0.1) is 7.11 Å². The minimum atomic E-state index is 0.457. The van der Waals surface area contributed by atoms with E-state index in [1.54, 1.807) is 13.3 Å². The summed E-state index contributed by atoms with van der Waals surface area (Å²) >= 11 is 0. The van der Waals surface area contributed by atoms with Crippen molar-refractivity contribution in [2.45, 2.75) is 25.3 Å². The summed E-state index contributed by atoms with van der Waals surface area (Å²) in [5.74, 6) is 4.53. The van der Waals surface area contributed by atoms with E-state index in [1.807, 2.05) is 30.3 Å². The van der Waals surface area contributed by atoms with E-state index < -0.39 is 0 Å². The first-order valence-corrected chi connectivity index (χ1v) is 11.1. The van der Waals surface area contributed by atoms with E-state index in [9.17, 15) is 0 Å². The first kappa shape index (κ1) is 20.6. The molecule has 0 unspecified atom stereocenters. The molecule has 0 spiro atoms. The summed E-state index contributed by atoms with van der Waals surface area (Å²) in [5, 5.41) is 3.29. The van der Waals surface area contributed by atoms with Gasteiger partial charge in [-0.3, -0.25) is 4.90 Å². The molecule has 1 N–H and O–H groups in total. The Morgan fingerprint density at radius 1 is 1.00 bits per heavy atom. The average Bonchev–Trinajstić information content (AvgIpc) is 2.85. The van der Waals surface area contributed by atoms with Crippen LogP contribution in [0.15, 0.2) is 54.7 Å². The van der Waals surface area contributed by atoms with Crippen LogP contribution in [0.1, 0.15) is 30.0 Å². The van der Waals surface area contributed by atoms with Gasteiger partial charge in [-0.25, -0.2) is 9.97 Å². The maximum absolute atomic E-state index is 5.76. The van der Waals surface area contributed by atoms with Crippen molar-refractivity contribution in [1.82, 2.24) is 14.9 Å². The van der Waals surface area contributed by atoms with Crippen molar-refractivity contribution >= 4 is 11.6 Å². The number of piperidine rings is 1. The molecule has 7 heteroatoms. The molecule has 1 aromatic carbocycles. The molecule has 166 valence electrons. The van der Waals surface area contributed by atoms with Gasteiger partial charge in [0, 0.05) is 36.0 Å². The largest absolute Gasteiger partial charge is 0.496 e. The molecule has 0 bridgehead atoms. The third-order valence-corrected chi connectivity index (χ3v) is 6.04. The smallest absolute Gasteiger partial charge is 0.165 e. The highest BCUT2D eigenvalue weighted by molar-refractivity contribution is 5.52. The Kier molecular flexibility index (Phi) is 6.07. The zero-order chi connectivity index (χ0) is 21.8. The van der Waals surface area contributed by atoms with Crippen LogP contribution in [-0.2, 0) is 6.54 Å². The highest BCUT2D eigenvalue weighted by Gasteiger charge is 2.24. The molecule has 1 saturated heterocycles. The standard InChI is InChI=1S/C25H28N4O3/c1-30-21-16-23-22(31-13-14-32-23)15-19(21)17-29-11-8-18(9-12-29)20-5-4-7-25(27-20)28-24-6-2-3-10-26-24/h2-7,10,15-16,18H,8-9,11-14,17H2,1H3,(H,26,27,28).